The molecule has 3 nitrogen and oxygen atoms in total. The Balaban J connectivity index is 2.45. The lowest BCUT2D eigenvalue weighted by Gasteiger charge is -1.92. The van der Waals surface area contributed by atoms with Gasteiger partial charge in [-0.2, -0.15) is 4.98 Å². The Hall–Kier alpha value is -0.430. The van der Waals surface area contributed by atoms with Gasteiger partial charge in [-0.05, 0) is 23.4 Å². The maximum Gasteiger partial charge on any atom is 0.268 e. The van der Waals surface area contributed by atoms with Crippen molar-refractivity contribution in [3.63, 3.8) is 0 Å². The summed E-state index contributed by atoms with van der Waals surface area (Å²) in [6.45, 7) is 2.12. The summed E-state index contributed by atoms with van der Waals surface area (Å²) in [4.78, 5) is 5.28. The molecule has 0 saturated carbocycles. The summed E-state index contributed by atoms with van der Waals surface area (Å²) in [6, 6.07) is 2.09. The van der Waals surface area contributed by atoms with Gasteiger partial charge in [-0.3, -0.25) is 0 Å². The highest BCUT2D eigenvalue weighted by molar-refractivity contribution is 14.1. The number of halogens is 1. The highest BCUT2D eigenvalue weighted by Gasteiger charge is 2.11. The zero-order valence-corrected chi connectivity index (χ0v) is 9.92. The highest BCUT2D eigenvalue weighted by Crippen LogP contribution is 2.28. The van der Waals surface area contributed by atoms with Crippen LogP contribution in [-0.4, -0.2) is 10.1 Å². The summed E-state index contributed by atoms with van der Waals surface area (Å²) in [5.41, 5.74) is 1.27. The molecule has 0 aliphatic heterocycles. The molecular formula is C8H7IN2OS. The summed E-state index contributed by atoms with van der Waals surface area (Å²) in [7, 11) is 0. The average Bonchev–Trinajstić information content (AvgIpc) is 2.71. The number of hydrogen-bond acceptors (Lipinski definition) is 4. The molecule has 2 aromatic rings. The average molecular weight is 306 g/mol. The standard InChI is InChI=1S/C8H7IN2OS/c1-2-5-3-4-13-6(5)7-10-8(9)11-12-7/h3-4H,2H2,1H3. The van der Waals surface area contributed by atoms with Gasteiger partial charge < -0.3 is 4.52 Å². The Bertz CT molecular complexity index is 410. The van der Waals surface area contributed by atoms with Crippen LogP contribution in [0.3, 0.4) is 0 Å². The Morgan fingerprint density at radius 3 is 3.08 bits per heavy atom. The second kappa shape index (κ2) is 3.75. The third-order valence-corrected chi connectivity index (χ3v) is 3.11. The monoisotopic (exact) mass is 306 g/mol. The molecule has 0 aliphatic carbocycles. The van der Waals surface area contributed by atoms with Gasteiger partial charge in [-0.15, -0.1) is 11.3 Å². The van der Waals surface area contributed by atoms with E-state index in [2.05, 4.69) is 23.1 Å². The second-order valence-electron chi connectivity index (χ2n) is 2.50. The third-order valence-electron chi connectivity index (χ3n) is 1.72. The van der Waals surface area contributed by atoms with Crippen LogP contribution in [0.1, 0.15) is 12.5 Å². The van der Waals surface area contributed by atoms with Crippen LogP contribution in [-0.2, 0) is 6.42 Å². The van der Waals surface area contributed by atoms with E-state index in [0.717, 1.165) is 11.3 Å². The van der Waals surface area contributed by atoms with Crippen LogP contribution in [0.25, 0.3) is 10.8 Å². The quantitative estimate of drug-likeness (QED) is 0.801. The van der Waals surface area contributed by atoms with Gasteiger partial charge >= 0.3 is 0 Å². The van der Waals surface area contributed by atoms with E-state index < -0.39 is 0 Å². The molecule has 68 valence electrons. The fourth-order valence-electron chi connectivity index (χ4n) is 1.10. The molecule has 0 aromatic carbocycles. The first-order valence-electron chi connectivity index (χ1n) is 3.87. The number of nitrogens with zero attached hydrogens (tertiary/aromatic N) is 2. The summed E-state index contributed by atoms with van der Waals surface area (Å²) in [6.07, 6.45) is 0.998. The van der Waals surface area contributed by atoms with E-state index in [0.29, 0.717) is 9.72 Å². The molecule has 2 aromatic heterocycles. The Labute approximate surface area is 93.3 Å². The molecule has 0 amide bonds. The number of hydrogen-bond donors (Lipinski definition) is 0. The molecule has 0 saturated heterocycles. The predicted molar refractivity (Wildman–Crippen MR) is 59.7 cm³/mol. The molecular weight excluding hydrogens is 299 g/mol. The largest absolute Gasteiger partial charge is 0.332 e. The van der Waals surface area contributed by atoms with Crippen LogP contribution in [0, 0.1) is 3.83 Å². The highest BCUT2D eigenvalue weighted by atomic mass is 127. The molecule has 0 aliphatic rings. The fraction of sp³-hybridized carbons (Fsp3) is 0.250. The van der Waals surface area contributed by atoms with Crippen LogP contribution >= 0.6 is 33.9 Å². The van der Waals surface area contributed by atoms with Crippen molar-refractivity contribution < 1.29 is 4.52 Å². The molecule has 5 heteroatoms. The molecule has 2 heterocycles. The lowest BCUT2D eigenvalue weighted by atomic mass is 10.2. The number of aromatic nitrogens is 2. The number of thiophene rings is 1. The Morgan fingerprint density at radius 2 is 2.46 bits per heavy atom. The predicted octanol–water partition coefficient (Wildman–Crippen LogP) is 2.97. The van der Waals surface area contributed by atoms with E-state index in [1.54, 1.807) is 11.3 Å². The van der Waals surface area contributed by atoms with E-state index >= 15 is 0 Å². The fourth-order valence-corrected chi connectivity index (χ4v) is 2.33. The van der Waals surface area contributed by atoms with Crippen LogP contribution in [0.4, 0.5) is 0 Å². The Kier molecular flexibility index (Phi) is 2.63. The van der Waals surface area contributed by atoms with Gasteiger partial charge in [0.05, 0.1) is 4.88 Å². The van der Waals surface area contributed by atoms with Crippen molar-refractivity contribution >= 4 is 33.9 Å². The maximum atomic E-state index is 5.09. The first kappa shape index (κ1) is 9.14. The van der Waals surface area contributed by atoms with Gasteiger partial charge in [-0.1, -0.05) is 12.1 Å². The van der Waals surface area contributed by atoms with E-state index in [1.807, 2.05) is 28.0 Å². The number of aryl methyl sites for hydroxylation is 1. The molecule has 13 heavy (non-hydrogen) atoms. The molecule has 0 unspecified atom stereocenters. The maximum absolute atomic E-state index is 5.09. The topological polar surface area (TPSA) is 38.9 Å². The minimum atomic E-state index is 0.635. The van der Waals surface area contributed by atoms with Gasteiger partial charge in [0.15, 0.2) is 0 Å². The van der Waals surface area contributed by atoms with E-state index in [4.69, 9.17) is 4.52 Å². The van der Waals surface area contributed by atoms with E-state index in [-0.39, 0.29) is 0 Å². The van der Waals surface area contributed by atoms with Gasteiger partial charge in [0.1, 0.15) is 0 Å². The molecule has 0 spiro atoms. The van der Waals surface area contributed by atoms with E-state index in [1.165, 1.54) is 5.56 Å². The smallest absolute Gasteiger partial charge is 0.268 e. The van der Waals surface area contributed by atoms with Gasteiger partial charge in [0, 0.05) is 22.6 Å². The van der Waals surface area contributed by atoms with Crippen LogP contribution < -0.4 is 0 Å². The van der Waals surface area contributed by atoms with Gasteiger partial charge in [0.2, 0.25) is 3.83 Å². The first-order chi connectivity index (χ1) is 6.31. The van der Waals surface area contributed by atoms with Crippen molar-refractivity contribution in [1.82, 2.24) is 10.1 Å². The van der Waals surface area contributed by atoms with Crippen molar-refractivity contribution in [3.05, 3.63) is 20.8 Å². The van der Waals surface area contributed by atoms with Crippen molar-refractivity contribution in [1.29, 1.82) is 0 Å². The lowest BCUT2D eigenvalue weighted by Crippen LogP contribution is -1.80. The molecule has 0 radical (unpaired) electrons. The van der Waals surface area contributed by atoms with Crippen molar-refractivity contribution in [2.45, 2.75) is 13.3 Å². The zero-order chi connectivity index (χ0) is 9.26. The summed E-state index contributed by atoms with van der Waals surface area (Å²) < 4.78 is 5.75. The van der Waals surface area contributed by atoms with Crippen molar-refractivity contribution in [2.24, 2.45) is 0 Å². The molecule has 0 N–H and O–H groups in total. The molecule has 2 rings (SSSR count). The normalized spacial score (nSPS) is 10.6. The summed E-state index contributed by atoms with van der Waals surface area (Å²) in [5, 5.41) is 5.80. The molecule has 0 fully saturated rings. The molecule has 0 bridgehead atoms. The SMILES string of the molecule is CCc1ccsc1-c1nc(I)no1. The first-order valence-corrected chi connectivity index (χ1v) is 5.83. The summed E-state index contributed by atoms with van der Waals surface area (Å²) in [5.74, 6) is 0.635. The lowest BCUT2D eigenvalue weighted by molar-refractivity contribution is 0.426. The van der Waals surface area contributed by atoms with Crippen LogP contribution in [0.15, 0.2) is 16.0 Å². The summed E-state index contributed by atoms with van der Waals surface area (Å²) >= 11 is 3.68. The van der Waals surface area contributed by atoms with Gasteiger partial charge in [-0.25, -0.2) is 0 Å². The minimum Gasteiger partial charge on any atom is -0.332 e. The van der Waals surface area contributed by atoms with Crippen LogP contribution in [0.5, 0.6) is 0 Å². The second-order valence-corrected chi connectivity index (χ2v) is 4.38. The van der Waals surface area contributed by atoms with Gasteiger partial charge in [0.25, 0.3) is 5.89 Å². The number of rotatable bonds is 2. The van der Waals surface area contributed by atoms with Crippen molar-refractivity contribution in [3.8, 4) is 10.8 Å². The minimum absolute atomic E-state index is 0.635. The van der Waals surface area contributed by atoms with E-state index in [9.17, 15) is 0 Å². The molecule has 0 atom stereocenters. The van der Waals surface area contributed by atoms with Crippen LogP contribution in [0.2, 0.25) is 0 Å². The third kappa shape index (κ3) is 1.76. The Morgan fingerprint density at radius 1 is 1.62 bits per heavy atom. The van der Waals surface area contributed by atoms with Crippen molar-refractivity contribution in [2.75, 3.05) is 0 Å². The zero-order valence-electron chi connectivity index (χ0n) is 6.95.